The number of fused-ring (bicyclic) bond motifs is 12. The number of ether oxygens (including phenoxy) is 8. The molecule has 0 radical (unpaired) electrons. The lowest BCUT2D eigenvalue weighted by atomic mass is 9.97. The van der Waals surface area contributed by atoms with Crippen LogP contribution in [0.1, 0.15) is 103 Å². The molecule has 4 saturated heterocycles. The van der Waals surface area contributed by atoms with Gasteiger partial charge in [0.15, 0.2) is 5.13 Å². The third-order valence-corrected chi connectivity index (χ3v) is 21.5. The van der Waals surface area contributed by atoms with Crippen molar-refractivity contribution in [2.24, 2.45) is 23.7 Å². The summed E-state index contributed by atoms with van der Waals surface area (Å²) in [5.74, 6) is -2.83. The first kappa shape index (κ1) is 68.5. The van der Waals surface area contributed by atoms with Gasteiger partial charge in [-0.3, -0.25) is 43.5 Å². The molecular weight excluding hydrogens is 1360 g/mol. The Balaban J connectivity index is 0.000000113. The number of carbonyl (C=O) groups excluding carboxylic acids is 9. The van der Waals surface area contributed by atoms with Crippen LogP contribution in [-0.4, -0.2) is 100 Å². The van der Waals surface area contributed by atoms with Gasteiger partial charge >= 0.3 is 23.9 Å². The quantitative estimate of drug-likeness (QED) is 0.0384. The van der Waals surface area contributed by atoms with Gasteiger partial charge in [0.2, 0.25) is 5.91 Å². The Hall–Kier alpha value is -12.2. The van der Waals surface area contributed by atoms with Gasteiger partial charge < -0.3 is 42.8 Å². The van der Waals surface area contributed by atoms with E-state index in [9.17, 15) is 43.2 Å². The number of likely N-dealkylation sites (tertiary alicyclic amines) is 2. The maximum Gasteiger partial charge on any atom is 0.336 e. The second-order valence-electron chi connectivity index (χ2n) is 26.9. The van der Waals surface area contributed by atoms with Gasteiger partial charge in [-0.05, 0) is 110 Å². The van der Waals surface area contributed by atoms with Crippen LogP contribution in [-0.2, 0) is 107 Å². The highest BCUT2D eigenvalue weighted by Gasteiger charge is 2.55. The van der Waals surface area contributed by atoms with Crippen LogP contribution in [0.25, 0.3) is 4.85 Å². The molecule has 12 aliphatic rings. The van der Waals surface area contributed by atoms with E-state index in [0.717, 1.165) is 47.2 Å². The summed E-state index contributed by atoms with van der Waals surface area (Å²) in [5, 5.41) is 2.54. The molecule has 0 N–H and O–H groups in total. The fourth-order valence-corrected chi connectivity index (χ4v) is 16.5. The van der Waals surface area contributed by atoms with Gasteiger partial charge in [0.05, 0.1) is 71.5 Å². The van der Waals surface area contributed by atoms with Gasteiger partial charge in [0.1, 0.15) is 0 Å². The Kier molecular flexibility index (Phi) is 18.4. The predicted molar refractivity (Wildman–Crippen MR) is 376 cm³/mol. The normalized spacial score (nSPS) is 27.9. The van der Waals surface area contributed by atoms with Crippen molar-refractivity contribution in [2.75, 3.05) is 16.5 Å². The number of para-hydroxylation sites is 1. The summed E-state index contributed by atoms with van der Waals surface area (Å²) in [7, 11) is 0. The Labute approximate surface area is 607 Å². The van der Waals surface area contributed by atoms with Crippen molar-refractivity contribution in [3.8, 4) is 0 Å². The predicted octanol–water partition coefficient (Wildman–Crippen LogP) is 11.2. The molecular formula is C81H68N6O17S. The lowest BCUT2D eigenvalue weighted by Gasteiger charge is -2.24. The van der Waals surface area contributed by atoms with Crippen LogP contribution in [0.2, 0.25) is 0 Å². The number of esters is 4. The lowest BCUT2D eigenvalue weighted by molar-refractivity contribution is -0.153. The van der Waals surface area contributed by atoms with Crippen LogP contribution in [0.3, 0.4) is 0 Å². The summed E-state index contributed by atoms with van der Waals surface area (Å²) in [6.45, 7) is 15.2. The minimum Gasteiger partial charge on any atom is -0.458 e. The molecule has 0 spiro atoms. The van der Waals surface area contributed by atoms with Crippen molar-refractivity contribution in [3.63, 3.8) is 0 Å². The molecule has 5 aromatic carbocycles. The summed E-state index contributed by atoms with van der Waals surface area (Å²) >= 11 is 1.44. The molecule has 23 nitrogen and oxygen atoms in total. The van der Waals surface area contributed by atoms with E-state index in [0.29, 0.717) is 56.1 Å². The average molecular weight is 1430 g/mol. The van der Waals surface area contributed by atoms with Crippen molar-refractivity contribution >= 4 is 75.6 Å². The van der Waals surface area contributed by atoms with Gasteiger partial charge in [0, 0.05) is 94.5 Å². The minimum absolute atomic E-state index is 0.00675. The first-order valence-electron chi connectivity index (χ1n) is 34.2. The topological polar surface area (TPSA) is 258 Å². The van der Waals surface area contributed by atoms with E-state index in [1.165, 1.54) is 70.5 Å². The van der Waals surface area contributed by atoms with Crippen molar-refractivity contribution in [3.05, 3.63) is 289 Å². The third kappa shape index (κ3) is 12.7. The molecule has 18 rings (SSSR count). The maximum absolute atomic E-state index is 13.3. The van der Waals surface area contributed by atoms with Gasteiger partial charge in [-0.15, -0.1) is 11.3 Å². The van der Waals surface area contributed by atoms with E-state index in [4.69, 9.17) is 44.5 Å². The van der Waals surface area contributed by atoms with Crippen molar-refractivity contribution in [1.82, 2.24) is 14.8 Å². The maximum atomic E-state index is 13.3. The van der Waals surface area contributed by atoms with Crippen LogP contribution in [0.15, 0.2) is 233 Å². The van der Waals surface area contributed by atoms with Gasteiger partial charge in [-0.1, -0.05) is 115 Å². The smallest absolute Gasteiger partial charge is 0.336 e. The number of cyclic esters (lactones) is 4. The summed E-state index contributed by atoms with van der Waals surface area (Å²) < 4.78 is 42.6. The van der Waals surface area contributed by atoms with Crippen molar-refractivity contribution in [1.29, 1.82) is 0 Å². The third-order valence-electron chi connectivity index (χ3n) is 20.7. The molecule has 5 amide bonds. The molecule has 12 unspecified atom stereocenters. The monoisotopic (exact) mass is 1430 g/mol. The Bertz CT molecular complexity index is 4960. The summed E-state index contributed by atoms with van der Waals surface area (Å²) in [5.41, 5.74) is 14.2. The van der Waals surface area contributed by atoms with Crippen LogP contribution in [0.4, 0.5) is 10.8 Å². The van der Waals surface area contributed by atoms with E-state index in [1.54, 1.807) is 68.0 Å². The number of rotatable bonds is 11. The Morgan fingerprint density at radius 2 is 0.810 bits per heavy atom. The van der Waals surface area contributed by atoms with Crippen LogP contribution in [0, 0.1) is 30.2 Å². The second-order valence-corrected chi connectivity index (χ2v) is 27.8. The highest BCUT2D eigenvalue weighted by atomic mass is 32.1. The number of amides is 5. The lowest BCUT2D eigenvalue weighted by Crippen LogP contribution is -2.32. The molecule has 0 saturated carbocycles. The highest BCUT2D eigenvalue weighted by molar-refractivity contribution is 7.13. The molecule has 8 aliphatic heterocycles. The first-order chi connectivity index (χ1) is 50.8. The molecule has 6 aromatic rings. The minimum atomic E-state index is -0.832. The number of hydrogen-bond donors (Lipinski definition) is 0. The first-order valence-corrected chi connectivity index (χ1v) is 35.1. The summed E-state index contributed by atoms with van der Waals surface area (Å²) in [6.07, 6.45) is 13.5. The fourth-order valence-electron chi connectivity index (χ4n) is 15.9. The number of anilines is 2. The number of imide groups is 1. The van der Waals surface area contributed by atoms with Crippen molar-refractivity contribution in [2.45, 2.75) is 110 Å². The van der Waals surface area contributed by atoms with Crippen LogP contribution < -0.4 is 9.80 Å². The molecule has 530 valence electrons. The molecule has 9 heterocycles. The zero-order valence-electron chi connectivity index (χ0n) is 57.4. The molecule has 24 heteroatoms. The van der Waals surface area contributed by atoms with Gasteiger partial charge in [-0.25, -0.2) is 30.7 Å². The van der Waals surface area contributed by atoms with E-state index in [1.807, 2.05) is 107 Å². The Morgan fingerprint density at radius 3 is 1.19 bits per heavy atom. The van der Waals surface area contributed by atoms with Crippen LogP contribution >= 0.6 is 11.3 Å². The summed E-state index contributed by atoms with van der Waals surface area (Å²) in [6, 6.07) is 41.4. The molecule has 0 bridgehead atoms. The molecule has 4 fully saturated rings. The number of thiazole rings is 1. The molecule has 4 aliphatic carbocycles. The molecule has 12 atom stereocenters. The number of carbonyl (C=O) groups is 9. The number of aromatic nitrogens is 1. The second kappa shape index (κ2) is 28.2. The van der Waals surface area contributed by atoms with E-state index in [-0.39, 0.29) is 84.0 Å². The number of nitrogens with zero attached hydrogens (tertiary/aromatic N) is 6. The largest absolute Gasteiger partial charge is 0.458 e. The zero-order valence-corrected chi connectivity index (χ0v) is 58.2. The summed E-state index contributed by atoms with van der Waals surface area (Å²) in [4.78, 5) is 124. The SMILES string of the molecule is CC(=O)N1C(=O)/C(=C/OC2C=C(C)C(=O)O2)C2Cc3ccccc3C21.CC1=CC(O/C=C2/C(=O)N(c3ccccc3)C3c4ccccc4CC23)OC1=O.CC1=CC(O/C=C2/C(=O)N(c3nccs3)C3c4ccccc4CC23)OC1=O.[C-]#[N+]CN1C(=O)/C(=C/OC2C=C(C)C(=O)O2)C2Cc3ccccc3C21. The number of benzene rings is 5. The Morgan fingerprint density at radius 1 is 0.467 bits per heavy atom. The zero-order chi connectivity index (χ0) is 73.1. The van der Waals surface area contributed by atoms with E-state index < -0.39 is 49.0 Å². The highest BCUT2D eigenvalue weighted by Crippen LogP contribution is 2.55. The molecule has 105 heavy (non-hydrogen) atoms. The van der Waals surface area contributed by atoms with Crippen molar-refractivity contribution < 1.29 is 81.0 Å². The van der Waals surface area contributed by atoms with Gasteiger partial charge in [-0.2, -0.15) is 0 Å². The van der Waals surface area contributed by atoms with Crippen LogP contribution in [0.5, 0.6) is 0 Å². The van der Waals surface area contributed by atoms with E-state index >= 15 is 0 Å². The molecule has 1 aromatic heterocycles. The van der Waals surface area contributed by atoms with E-state index in [2.05, 4.69) is 40.2 Å². The van der Waals surface area contributed by atoms with Gasteiger partial charge in [0.25, 0.3) is 55.5 Å². The fraction of sp³-hybridized carbons (Fsp3) is 0.272. The number of hydrogen-bond acceptors (Lipinski definition) is 19. The average Bonchev–Trinajstić information content (AvgIpc) is 1.60. The standard InChI is InChI=1S/C23H19NO4.C20H16N2O4S.C19H16N2O4.C19H17NO5/c1-14-11-20(28-23(14)26)27-13-19-18-12-15-7-5-6-10-17(15)21(18)24(22(19)25)16-8-3-2-4-9-16;1-11-8-16(26-19(11)24)25-10-15-14-9-12-4-2-3-5-13(12)17(14)22(18(15)23)20-21-6-7-27-20;1-11-7-16(25-19(11)23)24-9-15-14-8-12-5-3-4-6-13(12)17(14)21(10-20-2)18(15)22;1-10-7-16(25-19(10)23)24-9-15-14-8-12-5-3-4-6-13(12)17(14)20(11(2)21)18(15)22/h2-11,13,18,20-21H,12H2,1H3;2-8,10,14,16-17H,9H2,1H3;3-7,9,14,16-17H,8,10H2,1H3;3-7,9,14,16-17H,8H2,1-2H3/b19-13+;15-10+;2*15-9+.